The minimum absolute atomic E-state index is 0. The van der Waals surface area contributed by atoms with Crippen LogP contribution >= 0.6 is 23.7 Å². The van der Waals surface area contributed by atoms with Crippen LogP contribution < -0.4 is 5.32 Å². The van der Waals surface area contributed by atoms with Gasteiger partial charge in [0.1, 0.15) is 4.90 Å². The van der Waals surface area contributed by atoms with Crippen molar-refractivity contribution in [2.45, 2.75) is 17.4 Å². The number of nitrogens with one attached hydrogen (secondary N) is 1. The van der Waals surface area contributed by atoms with Crippen molar-refractivity contribution in [3.8, 4) is 0 Å². The van der Waals surface area contributed by atoms with Crippen LogP contribution in [0.2, 0.25) is 0 Å². The number of hydrogen-bond acceptors (Lipinski definition) is 6. The van der Waals surface area contributed by atoms with E-state index in [0.29, 0.717) is 24.0 Å². The van der Waals surface area contributed by atoms with Gasteiger partial charge in [-0.15, -0.1) is 23.7 Å². The van der Waals surface area contributed by atoms with Gasteiger partial charge in [-0.3, -0.25) is 9.88 Å². The molecule has 1 N–H and O–H groups in total. The summed E-state index contributed by atoms with van der Waals surface area (Å²) >= 11 is 1.52. The molecule has 24 heavy (non-hydrogen) atoms. The number of aromatic nitrogens is 1. The van der Waals surface area contributed by atoms with E-state index in [-0.39, 0.29) is 12.4 Å². The molecule has 4 rings (SSSR count). The number of fused-ring (bicyclic) bond motifs is 1. The van der Waals surface area contributed by atoms with Gasteiger partial charge in [0.15, 0.2) is 0 Å². The maximum Gasteiger partial charge on any atom is 0.244 e. The third-order valence-corrected chi connectivity index (χ3v) is 7.39. The van der Waals surface area contributed by atoms with Crippen LogP contribution in [0.15, 0.2) is 28.6 Å². The molecule has 2 aliphatic rings. The Morgan fingerprint density at radius 3 is 2.83 bits per heavy atom. The number of hydrogen-bond donors (Lipinski definition) is 1. The number of thiophene rings is 1. The van der Waals surface area contributed by atoms with Gasteiger partial charge in [-0.05, 0) is 23.9 Å². The first-order chi connectivity index (χ1) is 11.1. The Labute approximate surface area is 152 Å². The van der Waals surface area contributed by atoms with Crippen LogP contribution in [0.5, 0.6) is 0 Å². The average Bonchev–Trinajstić information content (AvgIpc) is 3.24. The van der Waals surface area contributed by atoms with Crippen LogP contribution in [-0.2, 0) is 10.0 Å². The van der Waals surface area contributed by atoms with Crippen LogP contribution in [-0.4, -0.2) is 67.9 Å². The molecule has 1 atom stereocenters. The van der Waals surface area contributed by atoms with E-state index in [1.54, 1.807) is 10.4 Å². The number of piperazine rings is 1. The van der Waals surface area contributed by atoms with Gasteiger partial charge in [-0.1, -0.05) is 0 Å². The van der Waals surface area contributed by atoms with E-state index < -0.39 is 10.0 Å². The SMILES string of the molecule is Cl.O=S(=O)(c1cnc2ccsc2c1)N1CCC(N2CCNCC2)C1. The highest BCUT2D eigenvalue weighted by atomic mass is 35.5. The van der Waals surface area contributed by atoms with E-state index in [1.807, 2.05) is 11.4 Å². The number of sulfonamides is 1. The molecule has 1 unspecified atom stereocenters. The summed E-state index contributed by atoms with van der Waals surface area (Å²) in [5.41, 5.74) is 0.856. The second kappa shape index (κ2) is 7.23. The number of rotatable bonds is 3. The molecule has 0 bridgehead atoms. The summed E-state index contributed by atoms with van der Waals surface area (Å²) in [5, 5.41) is 5.27. The number of pyridine rings is 1. The van der Waals surface area contributed by atoms with Crippen LogP contribution in [0, 0.1) is 0 Å². The lowest BCUT2D eigenvalue weighted by molar-refractivity contribution is 0.179. The number of nitrogens with zero attached hydrogens (tertiary/aromatic N) is 3. The molecule has 0 radical (unpaired) electrons. The Morgan fingerprint density at radius 1 is 1.25 bits per heavy atom. The quantitative estimate of drug-likeness (QED) is 0.860. The Kier molecular flexibility index (Phi) is 5.43. The zero-order valence-electron chi connectivity index (χ0n) is 13.2. The molecule has 2 aliphatic heterocycles. The molecule has 0 spiro atoms. The second-order valence-corrected chi connectivity index (χ2v) is 8.95. The molecule has 2 fully saturated rings. The summed E-state index contributed by atoms with van der Waals surface area (Å²) in [5.74, 6) is 0. The second-order valence-electron chi connectivity index (χ2n) is 6.07. The van der Waals surface area contributed by atoms with Gasteiger partial charge in [-0.25, -0.2) is 8.42 Å². The fourth-order valence-corrected chi connectivity index (χ4v) is 5.71. The van der Waals surface area contributed by atoms with Gasteiger partial charge in [-0.2, -0.15) is 4.31 Å². The third kappa shape index (κ3) is 3.31. The number of halogens is 1. The highest BCUT2D eigenvalue weighted by molar-refractivity contribution is 7.89. The highest BCUT2D eigenvalue weighted by Crippen LogP contribution is 2.27. The Bertz CT molecular complexity index is 805. The molecule has 0 aromatic carbocycles. The van der Waals surface area contributed by atoms with Crippen molar-refractivity contribution in [2.75, 3.05) is 39.3 Å². The summed E-state index contributed by atoms with van der Waals surface area (Å²) in [6.07, 6.45) is 2.40. The van der Waals surface area contributed by atoms with E-state index in [2.05, 4.69) is 15.2 Å². The largest absolute Gasteiger partial charge is 0.314 e. The van der Waals surface area contributed by atoms with E-state index in [1.165, 1.54) is 17.5 Å². The van der Waals surface area contributed by atoms with Crippen LogP contribution in [0.4, 0.5) is 0 Å². The molecule has 0 amide bonds. The molecule has 0 aliphatic carbocycles. The lowest BCUT2D eigenvalue weighted by Gasteiger charge is -2.32. The van der Waals surface area contributed by atoms with E-state index in [0.717, 1.165) is 42.8 Å². The van der Waals surface area contributed by atoms with E-state index in [4.69, 9.17) is 0 Å². The predicted molar refractivity (Wildman–Crippen MR) is 98.5 cm³/mol. The van der Waals surface area contributed by atoms with E-state index in [9.17, 15) is 8.42 Å². The monoisotopic (exact) mass is 388 g/mol. The average molecular weight is 389 g/mol. The highest BCUT2D eigenvalue weighted by Gasteiger charge is 2.35. The van der Waals surface area contributed by atoms with Crippen LogP contribution in [0.3, 0.4) is 0 Å². The molecule has 0 saturated carbocycles. The fraction of sp³-hybridized carbons (Fsp3) is 0.533. The van der Waals surface area contributed by atoms with Crippen molar-refractivity contribution in [3.63, 3.8) is 0 Å². The molecule has 4 heterocycles. The maximum absolute atomic E-state index is 12.9. The lowest BCUT2D eigenvalue weighted by atomic mass is 10.2. The zero-order valence-corrected chi connectivity index (χ0v) is 15.7. The summed E-state index contributed by atoms with van der Waals surface area (Å²) in [6.45, 7) is 5.16. The van der Waals surface area contributed by atoms with Gasteiger partial charge in [0.2, 0.25) is 10.0 Å². The minimum atomic E-state index is -3.44. The van der Waals surface area contributed by atoms with Gasteiger partial charge in [0.05, 0.1) is 10.2 Å². The minimum Gasteiger partial charge on any atom is -0.314 e. The smallest absolute Gasteiger partial charge is 0.244 e. The lowest BCUT2D eigenvalue weighted by Crippen LogP contribution is -2.49. The van der Waals surface area contributed by atoms with E-state index >= 15 is 0 Å². The maximum atomic E-state index is 12.9. The van der Waals surface area contributed by atoms with Gasteiger partial charge < -0.3 is 5.32 Å². The van der Waals surface area contributed by atoms with Crippen molar-refractivity contribution in [1.29, 1.82) is 0 Å². The summed E-state index contributed by atoms with van der Waals surface area (Å²) in [4.78, 5) is 7.00. The Morgan fingerprint density at radius 2 is 2.04 bits per heavy atom. The molecule has 2 aromatic heterocycles. The van der Waals surface area contributed by atoms with Crippen molar-refractivity contribution in [2.24, 2.45) is 0 Å². The van der Waals surface area contributed by atoms with Gasteiger partial charge >= 0.3 is 0 Å². The Hall–Kier alpha value is -0.770. The first kappa shape index (κ1) is 18.0. The van der Waals surface area contributed by atoms with Crippen LogP contribution in [0.1, 0.15) is 6.42 Å². The van der Waals surface area contributed by atoms with Gasteiger partial charge in [0.25, 0.3) is 0 Å². The molecule has 2 saturated heterocycles. The predicted octanol–water partition coefficient (Wildman–Crippen LogP) is 1.39. The first-order valence-electron chi connectivity index (χ1n) is 7.93. The topological polar surface area (TPSA) is 65.5 Å². The van der Waals surface area contributed by atoms with Crippen LogP contribution in [0.25, 0.3) is 10.2 Å². The summed E-state index contributed by atoms with van der Waals surface area (Å²) in [6, 6.07) is 4.00. The van der Waals surface area contributed by atoms with Crippen molar-refractivity contribution >= 4 is 44.0 Å². The fourth-order valence-electron chi connectivity index (χ4n) is 3.39. The van der Waals surface area contributed by atoms with Gasteiger partial charge in [0, 0.05) is 51.5 Å². The molecule has 132 valence electrons. The Balaban J connectivity index is 0.00000169. The molecular weight excluding hydrogens is 368 g/mol. The zero-order chi connectivity index (χ0) is 15.9. The normalized spacial score (nSPS) is 23.4. The first-order valence-corrected chi connectivity index (χ1v) is 10.2. The molecule has 6 nitrogen and oxygen atoms in total. The van der Waals surface area contributed by atoms with Crippen molar-refractivity contribution in [3.05, 3.63) is 23.7 Å². The standard InChI is InChI=1S/C15H20N4O2S2.ClH/c20-23(21,13-9-15-14(17-10-13)2-8-22-15)19-5-1-12(11-19)18-6-3-16-4-7-18;/h2,8-10,12,16H,1,3-7,11H2;1H. The molecule has 9 heteroatoms. The molecular formula is C15H21ClN4O2S2. The summed E-state index contributed by atoms with van der Waals surface area (Å²) in [7, 11) is -3.44. The van der Waals surface area contributed by atoms with Crippen molar-refractivity contribution in [1.82, 2.24) is 19.5 Å². The summed E-state index contributed by atoms with van der Waals surface area (Å²) < 4.78 is 28.3. The van der Waals surface area contributed by atoms with Crippen molar-refractivity contribution < 1.29 is 8.42 Å². The molecule has 2 aromatic rings. The third-order valence-electron chi connectivity index (χ3n) is 4.71.